The number of ether oxygens (including phenoxy) is 1. The lowest BCUT2D eigenvalue weighted by Gasteiger charge is -2.41. The predicted molar refractivity (Wildman–Crippen MR) is 149 cm³/mol. The summed E-state index contributed by atoms with van der Waals surface area (Å²) in [5.41, 5.74) is -1.05. The van der Waals surface area contributed by atoms with Gasteiger partial charge in [0.25, 0.3) is 5.91 Å². The van der Waals surface area contributed by atoms with E-state index in [2.05, 4.69) is 0 Å². The molecule has 4 aliphatic rings. The first kappa shape index (κ1) is 27.9. The van der Waals surface area contributed by atoms with E-state index in [1.165, 1.54) is 4.90 Å². The second kappa shape index (κ2) is 10.1. The first-order chi connectivity index (χ1) is 18.5. The zero-order chi connectivity index (χ0) is 28.3. The number of aliphatic hydroxyl groups excluding tert-OH is 1. The minimum atomic E-state index is -1.38. The van der Waals surface area contributed by atoms with Gasteiger partial charge in [0.1, 0.15) is 11.6 Å². The van der Waals surface area contributed by atoms with E-state index >= 15 is 0 Å². The standard InChI is InChI=1S/C30H38ClN3O5/c1-6-14-32-15-8-12-29(5)22(26(32)36)23-27(37)34(21(17-35)18(2)3)25-28(38)33(16-9-13-30(23,25)39-29)24-19(4)10-7-11-20(24)31/h7-13,18,21-23,25,35H,6,14-17H2,1-5H3/t21-,22-,23-,25?,29+,30-/m0/s1. The summed E-state index contributed by atoms with van der Waals surface area (Å²) in [7, 11) is 0. The van der Waals surface area contributed by atoms with Gasteiger partial charge in [0.15, 0.2) is 0 Å². The number of para-hydroxylation sites is 1. The van der Waals surface area contributed by atoms with Crippen LogP contribution in [0, 0.1) is 24.7 Å². The highest BCUT2D eigenvalue weighted by molar-refractivity contribution is 6.34. The molecular weight excluding hydrogens is 518 g/mol. The third-order valence-electron chi connectivity index (χ3n) is 8.84. The Morgan fingerprint density at radius 1 is 1.08 bits per heavy atom. The van der Waals surface area contributed by atoms with E-state index in [1.54, 1.807) is 15.9 Å². The maximum Gasteiger partial charge on any atom is 0.253 e. The van der Waals surface area contributed by atoms with Gasteiger partial charge in [-0.3, -0.25) is 14.4 Å². The highest BCUT2D eigenvalue weighted by atomic mass is 35.5. The Labute approximate surface area is 235 Å². The molecule has 0 bridgehead atoms. The van der Waals surface area contributed by atoms with Crippen LogP contribution in [0.4, 0.5) is 5.69 Å². The highest BCUT2D eigenvalue weighted by Crippen LogP contribution is 2.58. The number of carbonyl (C=O) groups is 3. The Hall–Kier alpha value is -2.68. The molecule has 1 aromatic carbocycles. The molecule has 2 saturated heterocycles. The number of likely N-dealkylation sites (tertiary alicyclic amines) is 1. The number of benzene rings is 1. The van der Waals surface area contributed by atoms with Gasteiger partial charge in [-0.05, 0) is 37.8 Å². The lowest BCUT2D eigenvalue weighted by Crippen LogP contribution is -2.59. The summed E-state index contributed by atoms with van der Waals surface area (Å²) in [4.78, 5) is 48.1. The lowest BCUT2D eigenvalue weighted by atomic mass is 9.74. The largest absolute Gasteiger partial charge is 0.394 e. The second-order valence-corrected chi connectivity index (χ2v) is 12.1. The number of rotatable bonds is 6. The Kier molecular flexibility index (Phi) is 7.19. The van der Waals surface area contributed by atoms with E-state index in [9.17, 15) is 19.5 Å². The van der Waals surface area contributed by atoms with Crippen LogP contribution in [0.25, 0.3) is 0 Å². The van der Waals surface area contributed by atoms with E-state index in [4.69, 9.17) is 16.3 Å². The Morgan fingerprint density at radius 2 is 1.79 bits per heavy atom. The lowest BCUT2D eigenvalue weighted by molar-refractivity contribution is -0.152. The number of halogens is 1. The molecule has 1 spiro atoms. The van der Waals surface area contributed by atoms with Crippen LogP contribution < -0.4 is 4.90 Å². The van der Waals surface area contributed by atoms with Gasteiger partial charge in [-0.2, -0.15) is 0 Å². The zero-order valence-electron chi connectivity index (χ0n) is 23.3. The number of fused-ring (bicyclic) bond motifs is 2. The summed E-state index contributed by atoms with van der Waals surface area (Å²) in [6.07, 6.45) is 8.27. The van der Waals surface area contributed by atoms with Crippen LogP contribution in [0.1, 0.15) is 39.7 Å². The van der Waals surface area contributed by atoms with Crippen LogP contribution in [0.5, 0.6) is 0 Å². The Balaban J connectivity index is 1.70. The van der Waals surface area contributed by atoms with Gasteiger partial charge in [-0.1, -0.05) is 68.8 Å². The highest BCUT2D eigenvalue weighted by Gasteiger charge is 2.75. The summed E-state index contributed by atoms with van der Waals surface area (Å²) in [5, 5.41) is 10.9. The van der Waals surface area contributed by atoms with Crippen LogP contribution in [-0.4, -0.2) is 82.2 Å². The molecule has 6 atom stereocenters. The first-order valence-corrected chi connectivity index (χ1v) is 14.2. The quantitative estimate of drug-likeness (QED) is 0.544. The number of hydrogen-bond acceptors (Lipinski definition) is 5. The molecule has 3 amide bonds. The minimum absolute atomic E-state index is 0.141. The number of aliphatic hydroxyl groups is 1. The third-order valence-corrected chi connectivity index (χ3v) is 9.15. The molecule has 39 heavy (non-hydrogen) atoms. The van der Waals surface area contributed by atoms with Crippen LogP contribution in [-0.2, 0) is 19.1 Å². The monoisotopic (exact) mass is 555 g/mol. The van der Waals surface area contributed by atoms with Crippen molar-refractivity contribution in [3.8, 4) is 0 Å². The van der Waals surface area contributed by atoms with Gasteiger partial charge in [0, 0.05) is 19.6 Å². The summed E-state index contributed by atoms with van der Waals surface area (Å²) < 4.78 is 6.87. The summed E-state index contributed by atoms with van der Waals surface area (Å²) in [6, 6.07) is 3.75. The van der Waals surface area contributed by atoms with Crippen molar-refractivity contribution in [2.75, 3.05) is 31.1 Å². The van der Waals surface area contributed by atoms with Gasteiger partial charge < -0.3 is 24.5 Å². The van der Waals surface area contributed by atoms with Crippen molar-refractivity contribution >= 4 is 35.0 Å². The molecule has 0 aliphatic carbocycles. The number of aryl methyl sites for hydroxylation is 1. The number of anilines is 1. The minimum Gasteiger partial charge on any atom is -0.394 e. The van der Waals surface area contributed by atoms with E-state index < -0.39 is 35.1 Å². The molecule has 8 nitrogen and oxygen atoms in total. The Morgan fingerprint density at radius 3 is 2.44 bits per heavy atom. The average molecular weight is 556 g/mol. The van der Waals surface area contributed by atoms with Crippen molar-refractivity contribution in [2.45, 2.75) is 64.3 Å². The fourth-order valence-electron chi connectivity index (χ4n) is 7.13. The van der Waals surface area contributed by atoms with Crippen LogP contribution >= 0.6 is 11.6 Å². The molecule has 4 aliphatic heterocycles. The fourth-order valence-corrected chi connectivity index (χ4v) is 7.45. The molecular formula is C30H38ClN3O5. The molecule has 0 aromatic heterocycles. The van der Waals surface area contributed by atoms with Crippen LogP contribution in [0.3, 0.4) is 0 Å². The van der Waals surface area contributed by atoms with Crippen molar-refractivity contribution < 1.29 is 24.2 Å². The van der Waals surface area contributed by atoms with Gasteiger partial charge >= 0.3 is 0 Å². The molecule has 210 valence electrons. The predicted octanol–water partition coefficient (Wildman–Crippen LogP) is 3.35. The maximum absolute atomic E-state index is 14.7. The van der Waals surface area contributed by atoms with E-state index in [0.717, 1.165) is 12.0 Å². The van der Waals surface area contributed by atoms with E-state index in [1.807, 2.05) is 71.1 Å². The SMILES string of the molecule is CCCN1CC=C[C@@]2(C)O[C@]34C=CCN(c5c(C)cccc5Cl)C(=O)C3N([C@@H](CO)C(C)C)C(=O)[C@@H]4[C@H]2C1=O. The van der Waals surface area contributed by atoms with Crippen molar-refractivity contribution in [1.82, 2.24) is 9.80 Å². The molecule has 1 aromatic rings. The first-order valence-electron chi connectivity index (χ1n) is 13.9. The molecule has 1 unspecified atom stereocenters. The molecule has 0 saturated carbocycles. The summed E-state index contributed by atoms with van der Waals surface area (Å²) >= 11 is 6.61. The zero-order valence-corrected chi connectivity index (χ0v) is 24.0. The third kappa shape index (κ3) is 4.06. The van der Waals surface area contributed by atoms with E-state index in [-0.39, 0.29) is 36.8 Å². The van der Waals surface area contributed by atoms with Crippen molar-refractivity contribution in [3.63, 3.8) is 0 Å². The normalized spacial score (nSPS) is 32.9. The number of hydrogen-bond donors (Lipinski definition) is 1. The molecule has 5 rings (SSSR count). The van der Waals surface area contributed by atoms with Crippen LogP contribution in [0.15, 0.2) is 42.5 Å². The second-order valence-electron chi connectivity index (χ2n) is 11.7. The van der Waals surface area contributed by atoms with Crippen molar-refractivity contribution in [2.24, 2.45) is 17.8 Å². The van der Waals surface area contributed by atoms with Gasteiger partial charge in [0.2, 0.25) is 11.8 Å². The van der Waals surface area contributed by atoms with Crippen LogP contribution in [0.2, 0.25) is 5.02 Å². The summed E-state index contributed by atoms with van der Waals surface area (Å²) in [6.45, 7) is 10.5. The van der Waals surface area contributed by atoms with Gasteiger partial charge in [-0.15, -0.1) is 0 Å². The van der Waals surface area contributed by atoms with Gasteiger partial charge in [0.05, 0.1) is 40.8 Å². The topological polar surface area (TPSA) is 90.4 Å². The number of nitrogens with zero attached hydrogens (tertiary/aromatic N) is 3. The maximum atomic E-state index is 14.7. The number of carbonyl (C=O) groups excluding carboxylic acids is 3. The smallest absolute Gasteiger partial charge is 0.253 e. The average Bonchev–Trinajstić information content (AvgIpc) is 3.14. The van der Waals surface area contributed by atoms with Crippen molar-refractivity contribution in [1.29, 1.82) is 0 Å². The molecule has 9 heteroatoms. The molecule has 0 radical (unpaired) electrons. The molecule has 2 fully saturated rings. The summed E-state index contributed by atoms with van der Waals surface area (Å²) in [5.74, 6) is -2.68. The molecule has 4 heterocycles. The van der Waals surface area contributed by atoms with Gasteiger partial charge in [-0.25, -0.2) is 0 Å². The number of amides is 3. The van der Waals surface area contributed by atoms with Crippen molar-refractivity contribution in [3.05, 3.63) is 53.1 Å². The van der Waals surface area contributed by atoms with E-state index in [0.29, 0.717) is 23.8 Å². The fraction of sp³-hybridized carbons (Fsp3) is 0.567. The molecule has 1 N–H and O–H groups in total. The Bertz CT molecular complexity index is 1230.